The van der Waals surface area contributed by atoms with Crippen LogP contribution in [-0.2, 0) is 14.3 Å². The molecule has 2 aromatic carbocycles. The van der Waals surface area contributed by atoms with E-state index in [0.717, 1.165) is 0 Å². The monoisotopic (exact) mass is 471 g/mol. The maximum atomic E-state index is 14.9. The Balaban J connectivity index is 1.59. The second-order valence-corrected chi connectivity index (χ2v) is 8.18. The van der Waals surface area contributed by atoms with Crippen molar-refractivity contribution in [1.82, 2.24) is 5.32 Å². The predicted octanol–water partition coefficient (Wildman–Crippen LogP) is 3.52. The van der Waals surface area contributed by atoms with Gasteiger partial charge in [-0.15, -0.1) is 0 Å². The Kier molecular flexibility index (Phi) is 8.80. The molecule has 10 heteroatoms. The number of rotatable bonds is 11. The predicted molar refractivity (Wildman–Crippen MR) is 130 cm³/mol. The maximum absolute atomic E-state index is 14.9. The summed E-state index contributed by atoms with van der Waals surface area (Å²) < 4.78 is 25.3. The molecule has 0 bridgehead atoms. The zero-order chi connectivity index (χ0) is 24.5. The van der Waals surface area contributed by atoms with Crippen LogP contribution in [0.1, 0.15) is 32.0 Å². The van der Waals surface area contributed by atoms with Crippen LogP contribution < -0.4 is 26.0 Å². The number of carbonyl (C=O) groups excluding carboxylic acids is 2. The molecular formula is C24H30FN5O4. The van der Waals surface area contributed by atoms with E-state index in [0.29, 0.717) is 54.1 Å². The average molecular weight is 472 g/mol. The van der Waals surface area contributed by atoms with Crippen molar-refractivity contribution in [2.75, 3.05) is 42.8 Å². The van der Waals surface area contributed by atoms with Gasteiger partial charge in [-0.3, -0.25) is 9.59 Å². The first-order valence-corrected chi connectivity index (χ1v) is 11.0. The molecule has 1 atom stereocenters. The third-order valence-corrected chi connectivity index (χ3v) is 4.88. The summed E-state index contributed by atoms with van der Waals surface area (Å²) in [5.41, 5.74) is 2.15. The summed E-state index contributed by atoms with van der Waals surface area (Å²) in [4.78, 5) is 28.2. The molecule has 2 aromatic rings. The minimum Gasteiger partial charge on any atom is -0.491 e. The highest BCUT2D eigenvalue weighted by molar-refractivity contribution is 6.03. The van der Waals surface area contributed by atoms with Crippen molar-refractivity contribution in [1.29, 1.82) is 0 Å². The van der Waals surface area contributed by atoms with Gasteiger partial charge in [-0.1, -0.05) is 13.8 Å². The number of nitrogens with zero attached hydrogens (tertiary/aromatic N) is 1. The molecule has 0 radical (unpaired) electrons. The third-order valence-electron chi connectivity index (χ3n) is 4.88. The fraction of sp³-hybridized carbons (Fsp3) is 0.375. The molecule has 0 saturated heterocycles. The highest BCUT2D eigenvalue weighted by atomic mass is 19.1. The van der Waals surface area contributed by atoms with Gasteiger partial charge in [0.2, 0.25) is 11.8 Å². The Labute approximate surface area is 198 Å². The van der Waals surface area contributed by atoms with Gasteiger partial charge >= 0.3 is 0 Å². The Bertz CT molecular complexity index is 1030. The number of methoxy groups -OCH3 is 1. The lowest BCUT2D eigenvalue weighted by molar-refractivity contribution is -0.126. The number of amides is 2. The van der Waals surface area contributed by atoms with Gasteiger partial charge in [0.1, 0.15) is 24.6 Å². The Morgan fingerprint density at radius 1 is 1.12 bits per heavy atom. The number of hydrogen-bond donors (Lipinski definition) is 4. The molecule has 2 amide bonds. The molecule has 0 aliphatic carbocycles. The fourth-order valence-corrected chi connectivity index (χ4v) is 3.22. The number of carbonyl (C=O) groups is 2. The molecule has 1 unspecified atom stereocenters. The van der Waals surface area contributed by atoms with Crippen LogP contribution in [0.5, 0.6) is 5.75 Å². The minimum absolute atomic E-state index is 0.246. The maximum Gasteiger partial charge on any atom is 0.233 e. The van der Waals surface area contributed by atoms with Crippen molar-refractivity contribution in [3.05, 3.63) is 47.8 Å². The second kappa shape index (κ2) is 12.0. The van der Waals surface area contributed by atoms with Crippen molar-refractivity contribution in [3.8, 4) is 5.75 Å². The summed E-state index contributed by atoms with van der Waals surface area (Å²) in [5.74, 6) is -0.460. The highest BCUT2D eigenvalue weighted by Gasteiger charge is 2.23. The highest BCUT2D eigenvalue weighted by Crippen LogP contribution is 2.35. The molecule has 0 spiro atoms. The third kappa shape index (κ3) is 7.17. The van der Waals surface area contributed by atoms with Gasteiger partial charge in [-0.05, 0) is 30.2 Å². The van der Waals surface area contributed by atoms with Crippen molar-refractivity contribution in [2.24, 2.45) is 10.9 Å². The van der Waals surface area contributed by atoms with Crippen LogP contribution in [0.2, 0.25) is 0 Å². The van der Waals surface area contributed by atoms with E-state index in [1.807, 2.05) is 13.8 Å². The standard InChI is InChI=1S/C24H30FN5O4/c1-15(2)13-26-21(31)12-22(32)29-16-4-6-17(7-5-16)30-24-23-19(25)10-18(34-9-8-33-3)11-20(23)27-14-28-24/h4-7,10-11,14-15,24,30H,8-9,12-13H2,1-3H3,(H,26,31)(H,27,28)(H,29,32). The van der Waals surface area contributed by atoms with Crippen LogP contribution >= 0.6 is 0 Å². The van der Waals surface area contributed by atoms with Gasteiger partial charge in [0.15, 0.2) is 6.17 Å². The summed E-state index contributed by atoms with van der Waals surface area (Å²) >= 11 is 0. The first-order valence-electron chi connectivity index (χ1n) is 11.0. The van der Waals surface area contributed by atoms with E-state index in [9.17, 15) is 14.0 Å². The molecule has 182 valence electrons. The van der Waals surface area contributed by atoms with Crippen LogP contribution in [0.25, 0.3) is 0 Å². The number of aliphatic imine (C=N–C) groups is 1. The zero-order valence-electron chi connectivity index (χ0n) is 19.5. The van der Waals surface area contributed by atoms with Gasteiger partial charge in [0.05, 0.1) is 24.2 Å². The van der Waals surface area contributed by atoms with E-state index < -0.39 is 17.9 Å². The molecule has 1 aliphatic rings. The van der Waals surface area contributed by atoms with Gasteiger partial charge in [0, 0.05) is 37.2 Å². The van der Waals surface area contributed by atoms with Gasteiger partial charge < -0.3 is 30.7 Å². The SMILES string of the molecule is COCCOc1cc(F)c2c(c1)NC=NC2Nc1ccc(NC(=O)CC(=O)NCC(C)C)cc1. The minimum atomic E-state index is -0.644. The molecule has 3 rings (SSSR count). The molecule has 4 N–H and O–H groups in total. The van der Waals surface area contributed by atoms with E-state index >= 15 is 0 Å². The number of halogens is 1. The Hall–Kier alpha value is -3.66. The number of anilines is 3. The van der Waals surface area contributed by atoms with Crippen LogP contribution in [0.4, 0.5) is 21.5 Å². The van der Waals surface area contributed by atoms with E-state index in [1.165, 1.54) is 12.4 Å². The molecule has 9 nitrogen and oxygen atoms in total. The summed E-state index contributed by atoms with van der Waals surface area (Å²) in [6.45, 7) is 5.20. The van der Waals surface area contributed by atoms with Crippen molar-refractivity contribution in [3.63, 3.8) is 0 Å². The van der Waals surface area contributed by atoms with Gasteiger partial charge in [-0.2, -0.15) is 0 Å². The molecule has 0 saturated carbocycles. The summed E-state index contributed by atoms with van der Waals surface area (Å²) in [6, 6.07) is 9.91. The van der Waals surface area contributed by atoms with Crippen LogP contribution in [0, 0.1) is 11.7 Å². The van der Waals surface area contributed by atoms with Crippen LogP contribution in [-0.4, -0.2) is 45.0 Å². The number of hydrogen-bond acceptors (Lipinski definition) is 7. The normalized spacial score (nSPS) is 14.2. The fourth-order valence-electron chi connectivity index (χ4n) is 3.22. The van der Waals surface area contributed by atoms with Crippen LogP contribution in [0.3, 0.4) is 0 Å². The van der Waals surface area contributed by atoms with Gasteiger partial charge in [-0.25, -0.2) is 9.38 Å². The summed E-state index contributed by atoms with van der Waals surface area (Å²) in [6.07, 6.45) is 0.607. The molecule has 1 aliphatic heterocycles. The van der Waals surface area contributed by atoms with Gasteiger partial charge in [0.25, 0.3) is 0 Å². The summed E-state index contributed by atoms with van der Waals surface area (Å²) in [5, 5.41) is 11.5. The molecule has 34 heavy (non-hydrogen) atoms. The second-order valence-electron chi connectivity index (χ2n) is 8.18. The Morgan fingerprint density at radius 3 is 2.56 bits per heavy atom. The number of benzene rings is 2. The molecular weight excluding hydrogens is 441 g/mol. The van der Waals surface area contributed by atoms with Crippen LogP contribution in [0.15, 0.2) is 41.4 Å². The van der Waals surface area contributed by atoms with Crippen molar-refractivity contribution >= 4 is 35.2 Å². The first kappa shape index (κ1) is 25.0. The number of ether oxygens (including phenoxy) is 2. The average Bonchev–Trinajstić information content (AvgIpc) is 2.79. The largest absolute Gasteiger partial charge is 0.491 e. The molecule has 0 aromatic heterocycles. The summed E-state index contributed by atoms with van der Waals surface area (Å²) in [7, 11) is 1.57. The van der Waals surface area contributed by atoms with E-state index in [1.54, 1.807) is 37.4 Å². The molecule has 0 fully saturated rings. The number of nitrogens with one attached hydrogen (secondary N) is 4. The Morgan fingerprint density at radius 2 is 1.85 bits per heavy atom. The zero-order valence-corrected chi connectivity index (χ0v) is 19.5. The first-order chi connectivity index (χ1) is 16.4. The van der Waals surface area contributed by atoms with Crippen molar-refractivity contribution < 1.29 is 23.5 Å². The lowest BCUT2D eigenvalue weighted by Gasteiger charge is -2.24. The number of fused-ring (bicyclic) bond motifs is 1. The van der Waals surface area contributed by atoms with E-state index in [4.69, 9.17) is 9.47 Å². The smallest absolute Gasteiger partial charge is 0.233 e. The lowest BCUT2D eigenvalue weighted by Crippen LogP contribution is -2.30. The van der Waals surface area contributed by atoms with E-state index in [-0.39, 0.29) is 12.3 Å². The van der Waals surface area contributed by atoms with E-state index in [2.05, 4.69) is 26.3 Å². The quantitative estimate of drug-likeness (QED) is 0.295. The van der Waals surface area contributed by atoms with Crippen molar-refractivity contribution in [2.45, 2.75) is 26.4 Å². The molecule has 1 heterocycles. The topological polar surface area (TPSA) is 113 Å². The lowest BCUT2D eigenvalue weighted by atomic mass is 10.1.